The Morgan fingerprint density at radius 1 is 2.43 bits per heavy atom. The number of likely N-dealkylation sites (N-methyl/N-ethyl adjacent to an activating group) is 1. The second-order valence-electron chi connectivity index (χ2n) is 1.02. The van der Waals surface area contributed by atoms with Gasteiger partial charge in [-0.25, -0.2) is 0 Å². The monoisotopic (exact) mass is 111 g/mol. The fourth-order valence-corrected chi connectivity index (χ4v) is 0.268. The maximum Gasteiger partial charge on any atom is 0.0793 e. The number of aliphatic hydroxyl groups is 1. The van der Waals surface area contributed by atoms with Gasteiger partial charge in [-0.2, -0.15) is 0 Å². The highest BCUT2D eigenvalue weighted by Crippen LogP contribution is 2.04. The van der Waals surface area contributed by atoms with Crippen LogP contribution in [0.2, 0.25) is 0 Å². The van der Waals surface area contributed by atoms with Gasteiger partial charge in [0.05, 0.1) is 7.45 Å². The van der Waals surface area contributed by atoms with E-state index in [2.05, 4.69) is 0 Å². The van der Waals surface area contributed by atoms with Crippen molar-refractivity contribution in [1.29, 1.82) is 0 Å². The normalized spacial score (nSPS) is 68.7. The highest BCUT2D eigenvalue weighted by atomic mass is 16.3. The minimum absolute atomic E-state index is 0.271. The Labute approximate surface area is 57.8 Å². The molecule has 1 rings (SSSR count). The first-order valence-corrected chi connectivity index (χ1v) is 1.64. The van der Waals surface area contributed by atoms with Crippen molar-refractivity contribution in [2.45, 2.75) is 12.9 Å². The topological polar surface area (TPSA) is 23.5 Å². The van der Waals surface area contributed by atoms with Gasteiger partial charge in [0.15, 0.2) is 0 Å². The number of hydrogen-bond acceptors (Lipinski definition) is 2. The average molecular weight is 111 g/mol. The summed E-state index contributed by atoms with van der Waals surface area (Å²) in [6, 6.07) is 0. The predicted molar refractivity (Wildman–Crippen MR) is 28.1 cm³/mol. The van der Waals surface area contributed by atoms with Crippen molar-refractivity contribution in [3.05, 3.63) is 0 Å². The SMILES string of the molecule is [2H]C([2H])([2H])C([2H])([2H])N1C([2H])([2H])C([2H])(O)C1([2H])[2H]. The van der Waals surface area contributed by atoms with Crippen molar-refractivity contribution in [3.8, 4) is 0 Å². The van der Waals surface area contributed by atoms with E-state index in [-0.39, 0.29) is 4.90 Å². The molecule has 1 fully saturated rings. The van der Waals surface area contributed by atoms with E-state index >= 15 is 0 Å². The zero-order chi connectivity index (χ0) is 14.1. The zero-order valence-electron chi connectivity index (χ0n) is 13.4. The molecule has 0 bridgehead atoms. The number of likely N-dealkylation sites (tertiary alicyclic amines) is 1. The van der Waals surface area contributed by atoms with Gasteiger partial charge in [0.1, 0.15) is 0 Å². The van der Waals surface area contributed by atoms with Crippen LogP contribution < -0.4 is 0 Å². The number of nitrogens with zero attached hydrogens (tertiary/aromatic N) is 1. The molecule has 0 aromatic carbocycles. The molecule has 42 valence electrons. The van der Waals surface area contributed by atoms with E-state index in [0.29, 0.717) is 0 Å². The first-order chi connectivity index (χ1) is 7.12. The van der Waals surface area contributed by atoms with Gasteiger partial charge >= 0.3 is 0 Å². The van der Waals surface area contributed by atoms with Crippen LogP contribution in [0.4, 0.5) is 0 Å². The fourth-order valence-electron chi connectivity index (χ4n) is 0.268. The molecule has 0 radical (unpaired) electrons. The molecule has 0 saturated carbocycles. The van der Waals surface area contributed by atoms with Crippen LogP contribution >= 0.6 is 0 Å². The quantitative estimate of drug-likeness (QED) is 0.501. The molecular formula is C5H11NO. The van der Waals surface area contributed by atoms with Crippen molar-refractivity contribution < 1.29 is 18.8 Å². The molecule has 2 nitrogen and oxygen atoms in total. The molecule has 1 saturated heterocycles. The molecule has 0 aliphatic carbocycles. The maximum atomic E-state index is 9.29. The Morgan fingerprint density at radius 2 is 3.14 bits per heavy atom. The Hall–Kier alpha value is -0.0800. The molecule has 0 unspecified atom stereocenters. The van der Waals surface area contributed by atoms with E-state index < -0.39 is 32.4 Å². The lowest BCUT2D eigenvalue weighted by atomic mass is 10.2. The number of rotatable bonds is 1. The summed E-state index contributed by atoms with van der Waals surface area (Å²) in [5, 5.41) is 9.29. The molecule has 1 aliphatic rings. The summed E-state index contributed by atoms with van der Waals surface area (Å²) in [4.78, 5) is -0.271. The molecule has 0 aromatic heterocycles. The summed E-state index contributed by atoms with van der Waals surface area (Å²) in [5.74, 6) is 0. The summed E-state index contributed by atoms with van der Waals surface area (Å²) >= 11 is 0. The Morgan fingerprint density at radius 3 is 3.71 bits per heavy atom. The minimum Gasteiger partial charge on any atom is -0.390 e. The van der Waals surface area contributed by atoms with Gasteiger partial charge in [-0.15, -0.1) is 0 Å². The molecule has 7 heavy (non-hydrogen) atoms. The van der Waals surface area contributed by atoms with Gasteiger partial charge in [0.25, 0.3) is 0 Å². The van der Waals surface area contributed by atoms with Crippen LogP contribution in [0.1, 0.15) is 20.6 Å². The van der Waals surface area contributed by atoms with Gasteiger partial charge in [0.2, 0.25) is 0 Å². The van der Waals surface area contributed by atoms with Crippen molar-refractivity contribution in [1.82, 2.24) is 4.90 Å². The van der Waals surface area contributed by atoms with Gasteiger partial charge < -0.3 is 5.11 Å². The van der Waals surface area contributed by atoms with E-state index in [9.17, 15) is 5.11 Å². The van der Waals surface area contributed by atoms with Crippen LogP contribution in [-0.4, -0.2) is 35.6 Å². The molecular weight excluding hydrogens is 90.1 g/mol. The summed E-state index contributed by atoms with van der Waals surface area (Å²) in [5.41, 5.74) is 0. The summed E-state index contributed by atoms with van der Waals surface area (Å²) < 4.78 is 71.4. The summed E-state index contributed by atoms with van der Waals surface area (Å²) in [7, 11) is 0. The largest absolute Gasteiger partial charge is 0.390 e. The number of hydrogen-bond donors (Lipinski definition) is 1. The van der Waals surface area contributed by atoms with Gasteiger partial charge in [-0.1, -0.05) is 6.85 Å². The lowest BCUT2D eigenvalue weighted by molar-refractivity contribution is 0.00578. The first kappa shape index (κ1) is 0.847. The molecule has 1 N–H and O–H groups in total. The standard InChI is InChI=1S/C5H11NO/c1-2-6-3-5(7)4-6/h5,7H,2-4H2,1H3/i1D3,2D2,3D2,4D2,5D. The predicted octanol–water partition coefficient (Wildman–Crippen LogP) is -0.317. The average Bonchev–Trinajstić information content (AvgIpc) is 1.98. The Balaban J connectivity index is 3.27. The second-order valence-corrected chi connectivity index (χ2v) is 1.02. The van der Waals surface area contributed by atoms with Crippen molar-refractivity contribution >= 4 is 0 Å². The van der Waals surface area contributed by atoms with Crippen molar-refractivity contribution in [3.63, 3.8) is 0 Å². The van der Waals surface area contributed by atoms with E-state index in [4.69, 9.17) is 13.7 Å². The van der Waals surface area contributed by atoms with Gasteiger partial charge in [-0.3, -0.25) is 4.90 Å². The third-order valence-electron chi connectivity index (χ3n) is 0.547. The molecule has 0 atom stereocenters. The zero-order valence-corrected chi connectivity index (χ0v) is 3.39. The smallest absolute Gasteiger partial charge is 0.0793 e. The molecule has 0 aromatic rings. The highest BCUT2D eigenvalue weighted by molar-refractivity contribution is 4.76. The second kappa shape index (κ2) is 1.80. The van der Waals surface area contributed by atoms with Crippen LogP contribution in [0.5, 0.6) is 0 Å². The third kappa shape index (κ3) is 0.924. The van der Waals surface area contributed by atoms with Crippen LogP contribution in [0.25, 0.3) is 0 Å². The molecule has 2 heteroatoms. The first-order valence-electron chi connectivity index (χ1n) is 6.64. The van der Waals surface area contributed by atoms with Gasteiger partial charge in [-0.05, 0) is 6.50 Å². The summed E-state index contributed by atoms with van der Waals surface area (Å²) in [6.07, 6.45) is -3.24. The maximum absolute atomic E-state index is 9.29. The van der Waals surface area contributed by atoms with E-state index in [1.165, 1.54) is 0 Å². The van der Waals surface area contributed by atoms with Crippen molar-refractivity contribution in [2.75, 3.05) is 19.5 Å². The van der Waals surface area contributed by atoms with E-state index in [1.807, 2.05) is 0 Å². The molecule has 1 heterocycles. The van der Waals surface area contributed by atoms with Crippen molar-refractivity contribution in [2.24, 2.45) is 0 Å². The molecule has 1 aliphatic heterocycles. The lowest BCUT2D eigenvalue weighted by Gasteiger charge is -2.34. The fraction of sp³-hybridized carbons (Fsp3) is 1.00. The van der Waals surface area contributed by atoms with Gasteiger partial charge in [0, 0.05) is 25.3 Å². The Kier molecular flexibility index (Phi) is 0.218. The summed E-state index contributed by atoms with van der Waals surface area (Å²) in [6.45, 7) is -12.9. The minimum atomic E-state index is -3.34. The van der Waals surface area contributed by atoms with E-state index in [1.54, 1.807) is 0 Å². The van der Waals surface area contributed by atoms with Crippen LogP contribution in [0, 0.1) is 0 Å². The molecule has 0 amide bonds. The third-order valence-corrected chi connectivity index (χ3v) is 0.547. The molecule has 0 spiro atoms. The highest BCUT2D eigenvalue weighted by Gasteiger charge is 2.21. The van der Waals surface area contributed by atoms with E-state index in [0.717, 1.165) is 0 Å². The lowest BCUT2D eigenvalue weighted by Crippen LogP contribution is -2.50. The Bertz CT molecular complexity index is 314. The van der Waals surface area contributed by atoms with Crippen LogP contribution in [-0.2, 0) is 0 Å². The number of β-amino-alcohol motifs (C(OH)–C–C–N with tert-alkyl or cyclic N) is 1. The van der Waals surface area contributed by atoms with Crippen LogP contribution in [0.3, 0.4) is 0 Å². The van der Waals surface area contributed by atoms with Crippen LogP contribution in [0.15, 0.2) is 0 Å².